The second-order valence-electron chi connectivity index (χ2n) is 5.18. The van der Waals surface area contributed by atoms with Crippen molar-refractivity contribution in [1.29, 1.82) is 0 Å². The van der Waals surface area contributed by atoms with Gasteiger partial charge in [-0.3, -0.25) is 0 Å². The van der Waals surface area contributed by atoms with Crippen LogP contribution in [-0.2, 0) is 17.6 Å². The van der Waals surface area contributed by atoms with E-state index in [1.54, 1.807) is 7.11 Å². The average molecular weight is 324 g/mol. The van der Waals surface area contributed by atoms with Gasteiger partial charge in [-0.05, 0) is 54.4 Å². The van der Waals surface area contributed by atoms with E-state index in [0.29, 0.717) is 5.92 Å². The van der Waals surface area contributed by atoms with E-state index in [2.05, 4.69) is 35.0 Å². The molecule has 0 fully saturated rings. The fourth-order valence-electron chi connectivity index (χ4n) is 2.41. The van der Waals surface area contributed by atoms with Crippen molar-refractivity contribution in [3.05, 3.63) is 57.2 Å². The summed E-state index contributed by atoms with van der Waals surface area (Å²) >= 11 is 7.92. The second kappa shape index (κ2) is 9.21. The molecule has 0 saturated carbocycles. The van der Waals surface area contributed by atoms with E-state index >= 15 is 0 Å². The van der Waals surface area contributed by atoms with Crippen LogP contribution in [0.5, 0.6) is 0 Å². The van der Waals surface area contributed by atoms with Gasteiger partial charge >= 0.3 is 0 Å². The van der Waals surface area contributed by atoms with Crippen LogP contribution in [0, 0.1) is 5.92 Å². The molecule has 2 rings (SSSR count). The van der Waals surface area contributed by atoms with Crippen molar-refractivity contribution >= 4 is 22.9 Å². The maximum absolute atomic E-state index is 6.09. The molecular formula is C17H22ClNOS. The van der Waals surface area contributed by atoms with Crippen molar-refractivity contribution in [1.82, 2.24) is 5.32 Å². The van der Waals surface area contributed by atoms with Crippen LogP contribution in [0.25, 0.3) is 0 Å². The van der Waals surface area contributed by atoms with Crippen molar-refractivity contribution < 1.29 is 4.74 Å². The molecule has 0 saturated heterocycles. The summed E-state index contributed by atoms with van der Waals surface area (Å²) in [5.41, 5.74) is 1.30. The van der Waals surface area contributed by atoms with E-state index in [9.17, 15) is 0 Å². The lowest BCUT2D eigenvalue weighted by atomic mass is 9.95. The third kappa shape index (κ3) is 6.18. The number of benzene rings is 1. The smallest absolute Gasteiger partial charge is 0.0587 e. The Kier molecular flexibility index (Phi) is 7.24. The van der Waals surface area contributed by atoms with Gasteiger partial charge in [-0.1, -0.05) is 29.8 Å². The highest BCUT2D eigenvalue weighted by Gasteiger charge is 2.11. The number of halogens is 1. The van der Waals surface area contributed by atoms with Gasteiger partial charge in [-0.2, -0.15) is 0 Å². The Morgan fingerprint density at radius 1 is 1.24 bits per heavy atom. The Labute approximate surface area is 136 Å². The Balaban J connectivity index is 1.93. The predicted octanol–water partition coefficient (Wildman–Crippen LogP) is 4.04. The number of rotatable bonds is 9. The molecule has 1 atom stereocenters. The molecule has 1 heterocycles. The van der Waals surface area contributed by atoms with Crippen LogP contribution < -0.4 is 5.32 Å². The maximum Gasteiger partial charge on any atom is 0.0587 e. The molecular weight excluding hydrogens is 302 g/mol. The largest absolute Gasteiger partial charge is 0.383 e. The van der Waals surface area contributed by atoms with Gasteiger partial charge in [0.15, 0.2) is 0 Å². The van der Waals surface area contributed by atoms with Gasteiger partial charge in [0, 0.05) is 23.6 Å². The zero-order valence-corrected chi connectivity index (χ0v) is 13.9. The first-order chi connectivity index (χ1) is 10.3. The molecule has 2 aromatic rings. The number of methoxy groups -OCH3 is 1. The van der Waals surface area contributed by atoms with Crippen LogP contribution in [-0.4, -0.2) is 26.8 Å². The van der Waals surface area contributed by atoms with Crippen molar-refractivity contribution in [2.45, 2.75) is 12.8 Å². The van der Waals surface area contributed by atoms with Gasteiger partial charge in [0.05, 0.1) is 6.61 Å². The minimum atomic E-state index is 0.568. The van der Waals surface area contributed by atoms with Crippen molar-refractivity contribution in [2.24, 2.45) is 5.92 Å². The van der Waals surface area contributed by atoms with Crippen LogP contribution in [0.4, 0.5) is 0 Å². The summed E-state index contributed by atoms with van der Waals surface area (Å²) in [5.74, 6) is 0.568. The first-order valence-electron chi connectivity index (χ1n) is 7.24. The number of thiophene rings is 1. The van der Waals surface area contributed by atoms with Crippen molar-refractivity contribution in [3.8, 4) is 0 Å². The van der Waals surface area contributed by atoms with Gasteiger partial charge in [0.1, 0.15) is 0 Å². The molecule has 0 spiro atoms. The molecule has 0 bridgehead atoms. The zero-order valence-electron chi connectivity index (χ0n) is 12.3. The van der Waals surface area contributed by atoms with E-state index in [4.69, 9.17) is 16.3 Å². The Morgan fingerprint density at radius 3 is 2.86 bits per heavy atom. The van der Waals surface area contributed by atoms with E-state index in [1.807, 2.05) is 23.5 Å². The van der Waals surface area contributed by atoms with Gasteiger partial charge in [-0.15, -0.1) is 11.3 Å². The molecule has 0 aliphatic rings. The van der Waals surface area contributed by atoms with Gasteiger partial charge < -0.3 is 10.1 Å². The fraction of sp³-hybridized carbons (Fsp3) is 0.412. The number of hydrogen-bond acceptors (Lipinski definition) is 3. The zero-order chi connectivity index (χ0) is 14.9. The van der Waals surface area contributed by atoms with Gasteiger partial charge in [-0.25, -0.2) is 0 Å². The van der Waals surface area contributed by atoms with Crippen LogP contribution in [0.15, 0.2) is 41.8 Å². The maximum atomic E-state index is 6.09. The van der Waals surface area contributed by atoms with Crippen molar-refractivity contribution in [3.63, 3.8) is 0 Å². The summed E-state index contributed by atoms with van der Waals surface area (Å²) in [6, 6.07) is 12.5. The normalized spacial score (nSPS) is 12.5. The first kappa shape index (κ1) is 16.5. The quantitative estimate of drug-likeness (QED) is 0.703. The van der Waals surface area contributed by atoms with E-state index in [0.717, 1.165) is 37.6 Å². The molecule has 0 aliphatic heterocycles. The highest BCUT2D eigenvalue weighted by molar-refractivity contribution is 7.09. The molecule has 0 radical (unpaired) electrons. The predicted molar refractivity (Wildman–Crippen MR) is 91.4 cm³/mol. The summed E-state index contributed by atoms with van der Waals surface area (Å²) in [5, 5.41) is 6.44. The van der Waals surface area contributed by atoms with Gasteiger partial charge in [0.2, 0.25) is 0 Å². The van der Waals surface area contributed by atoms with Crippen LogP contribution >= 0.6 is 22.9 Å². The lowest BCUT2D eigenvalue weighted by Crippen LogP contribution is -2.28. The number of nitrogens with one attached hydrogen (secondary N) is 1. The molecule has 0 amide bonds. The fourth-order valence-corrected chi connectivity index (χ4v) is 3.44. The Hall–Kier alpha value is -0.870. The Bertz CT molecular complexity index is 515. The third-order valence-electron chi connectivity index (χ3n) is 3.40. The summed E-state index contributed by atoms with van der Waals surface area (Å²) in [6.45, 7) is 2.64. The lowest BCUT2D eigenvalue weighted by molar-refractivity contribution is 0.197. The minimum Gasteiger partial charge on any atom is -0.383 e. The standard InChI is InChI=1S/C17H22ClNOS/c1-20-8-7-19-13-15(12-17-6-3-9-21-17)10-14-4-2-5-16(18)11-14/h2-6,9,11,15,19H,7-8,10,12-13H2,1H3. The SMILES string of the molecule is COCCNCC(Cc1cccc(Cl)c1)Cc1cccs1. The van der Waals surface area contributed by atoms with Crippen molar-refractivity contribution in [2.75, 3.05) is 26.8 Å². The molecule has 21 heavy (non-hydrogen) atoms. The molecule has 1 N–H and O–H groups in total. The van der Waals surface area contributed by atoms with Crippen LogP contribution in [0.1, 0.15) is 10.4 Å². The summed E-state index contributed by atoms with van der Waals surface area (Å²) < 4.78 is 5.09. The second-order valence-corrected chi connectivity index (χ2v) is 6.65. The summed E-state index contributed by atoms with van der Waals surface area (Å²) in [6.07, 6.45) is 2.14. The molecule has 1 aromatic heterocycles. The topological polar surface area (TPSA) is 21.3 Å². The molecule has 1 unspecified atom stereocenters. The first-order valence-corrected chi connectivity index (χ1v) is 8.50. The highest BCUT2D eigenvalue weighted by Crippen LogP contribution is 2.19. The van der Waals surface area contributed by atoms with Gasteiger partial charge in [0.25, 0.3) is 0 Å². The molecule has 2 nitrogen and oxygen atoms in total. The highest BCUT2D eigenvalue weighted by atomic mass is 35.5. The van der Waals surface area contributed by atoms with E-state index < -0.39 is 0 Å². The third-order valence-corrected chi connectivity index (χ3v) is 4.53. The Morgan fingerprint density at radius 2 is 2.14 bits per heavy atom. The molecule has 4 heteroatoms. The monoisotopic (exact) mass is 323 g/mol. The lowest BCUT2D eigenvalue weighted by Gasteiger charge is -2.17. The summed E-state index contributed by atoms with van der Waals surface area (Å²) in [7, 11) is 1.73. The summed E-state index contributed by atoms with van der Waals surface area (Å²) in [4.78, 5) is 1.44. The minimum absolute atomic E-state index is 0.568. The molecule has 114 valence electrons. The number of hydrogen-bond donors (Lipinski definition) is 1. The van der Waals surface area contributed by atoms with Crippen LogP contribution in [0.2, 0.25) is 5.02 Å². The van der Waals surface area contributed by atoms with Crippen LogP contribution in [0.3, 0.4) is 0 Å². The number of ether oxygens (including phenoxy) is 1. The molecule has 1 aromatic carbocycles. The van der Waals surface area contributed by atoms with E-state index in [1.165, 1.54) is 10.4 Å². The average Bonchev–Trinajstić information content (AvgIpc) is 2.96. The van der Waals surface area contributed by atoms with E-state index in [-0.39, 0.29) is 0 Å². The molecule has 0 aliphatic carbocycles.